The van der Waals surface area contributed by atoms with Crippen molar-refractivity contribution in [3.8, 4) is 17.2 Å². The minimum atomic E-state index is -0.558. The average molecular weight is 626 g/mol. The number of benzene rings is 2. The van der Waals surface area contributed by atoms with E-state index in [1.165, 1.54) is 6.20 Å². The van der Waals surface area contributed by atoms with Crippen molar-refractivity contribution in [2.75, 3.05) is 16.0 Å². The second kappa shape index (κ2) is 13.9. The molecular weight excluding hydrogens is 591 g/mol. The molecule has 0 saturated heterocycles. The largest absolute Gasteiger partial charge is 0.456 e. The van der Waals surface area contributed by atoms with Crippen molar-refractivity contribution in [1.82, 2.24) is 14.8 Å². The minimum Gasteiger partial charge on any atom is -0.456 e. The lowest BCUT2D eigenvalue weighted by Crippen LogP contribution is -2.21. The van der Waals surface area contributed by atoms with E-state index < -0.39 is 6.03 Å². The fourth-order valence-corrected chi connectivity index (χ4v) is 4.37. The highest BCUT2D eigenvalue weighted by Crippen LogP contribution is 2.40. The lowest BCUT2D eigenvalue weighted by molar-refractivity contribution is -0.116. The van der Waals surface area contributed by atoms with Crippen LogP contribution in [0.5, 0.6) is 11.5 Å². The molecule has 2 heterocycles. The molecule has 0 aliphatic heterocycles. The van der Waals surface area contributed by atoms with Gasteiger partial charge in [-0.15, -0.1) is 0 Å². The highest BCUT2D eigenvalue weighted by molar-refractivity contribution is 6.45. The number of aromatic nitrogens is 3. The van der Waals surface area contributed by atoms with Crippen LogP contribution in [0, 0.1) is 0 Å². The molecule has 0 aliphatic rings. The Morgan fingerprint density at radius 2 is 1.72 bits per heavy atom. The SMILES string of the molecule is CCCCC(=O)Nc1cc(Oc2ccc(NC(=O)Nc3cc(C(C)(C)C)nn3-c3ccc(CO)cc3)c(Cl)c2Cl)ccn1. The summed E-state index contributed by atoms with van der Waals surface area (Å²) in [5, 5.41) is 22.6. The molecule has 12 heteroatoms. The second-order valence-electron chi connectivity index (χ2n) is 10.9. The van der Waals surface area contributed by atoms with Gasteiger partial charge in [0.05, 0.1) is 28.7 Å². The smallest absolute Gasteiger partial charge is 0.324 e. The molecule has 0 atom stereocenters. The number of hydrogen-bond donors (Lipinski definition) is 4. The molecular formula is C31H34Cl2N6O4. The Morgan fingerprint density at radius 1 is 0.977 bits per heavy atom. The third kappa shape index (κ3) is 8.25. The van der Waals surface area contributed by atoms with Crippen LogP contribution in [0.1, 0.15) is 58.2 Å². The Labute approximate surface area is 260 Å². The first kappa shape index (κ1) is 31.8. The molecule has 43 heavy (non-hydrogen) atoms. The van der Waals surface area contributed by atoms with Gasteiger partial charge < -0.3 is 20.5 Å². The molecule has 2 aromatic carbocycles. The molecule has 3 amide bonds. The molecule has 0 unspecified atom stereocenters. The number of nitrogens with zero attached hydrogens (tertiary/aromatic N) is 3. The van der Waals surface area contributed by atoms with Crippen LogP contribution in [-0.4, -0.2) is 31.8 Å². The van der Waals surface area contributed by atoms with E-state index in [4.69, 9.17) is 33.0 Å². The minimum absolute atomic E-state index is 0.0752. The summed E-state index contributed by atoms with van der Waals surface area (Å²) in [6.07, 6.45) is 3.62. The van der Waals surface area contributed by atoms with Crippen molar-refractivity contribution >= 4 is 52.5 Å². The maximum atomic E-state index is 13.1. The van der Waals surface area contributed by atoms with Gasteiger partial charge in [-0.05, 0) is 42.3 Å². The van der Waals surface area contributed by atoms with Crippen molar-refractivity contribution < 1.29 is 19.4 Å². The number of amides is 3. The quantitative estimate of drug-likeness (QED) is 0.142. The number of rotatable bonds is 10. The van der Waals surface area contributed by atoms with Gasteiger partial charge in [-0.25, -0.2) is 14.5 Å². The standard InChI is InChI=1S/C31H34Cl2N6O4/c1-5-6-7-27(41)36-25-16-21(14-15-34-25)43-23-13-12-22(28(32)29(23)33)35-30(42)37-26-17-24(31(2,3)4)38-39(26)20-10-8-19(18-40)9-11-20/h8-17,40H,5-7,18H2,1-4H3,(H,34,36,41)(H2,35,37,42). The van der Waals surface area contributed by atoms with Gasteiger partial charge in [0, 0.05) is 30.2 Å². The van der Waals surface area contributed by atoms with Gasteiger partial charge in [-0.3, -0.25) is 10.1 Å². The predicted molar refractivity (Wildman–Crippen MR) is 170 cm³/mol. The van der Waals surface area contributed by atoms with E-state index in [1.807, 2.05) is 39.8 Å². The van der Waals surface area contributed by atoms with Crippen molar-refractivity contribution in [3.05, 3.63) is 82.1 Å². The van der Waals surface area contributed by atoms with E-state index in [9.17, 15) is 14.7 Å². The zero-order chi connectivity index (χ0) is 31.1. The summed E-state index contributed by atoms with van der Waals surface area (Å²) in [5.74, 6) is 1.32. The van der Waals surface area contributed by atoms with E-state index in [0.717, 1.165) is 24.1 Å². The summed E-state index contributed by atoms with van der Waals surface area (Å²) in [5.41, 5.74) is 2.24. The zero-order valence-corrected chi connectivity index (χ0v) is 25.9. The molecule has 0 saturated carbocycles. The summed E-state index contributed by atoms with van der Waals surface area (Å²) < 4.78 is 7.53. The first-order valence-electron chi connectivity index (χ1n) is 13.8. The molecule has 0 fully saturated rings. The van der Waals surface area contributed by atoms with Gasteiger partial charge in [-0.2, -0.15) is 5.10 Å². The molecule has 0 radical (unpaired) electrons. The van der Waals surface area contributed by atoms with Crippen LogP contribution in [0.2, 0.25) is 10.0 Å². The first-order chi connectivity index (χ1) is 20.5. The van der Waals surface area contributed by atoms with Crippen molar-refractivity contribution in [1.29, 1.82) is 0 Å². The number of hydrogen-bond acceptors (Lipinski definition) is 6. The molecule has 4 rings (SSSR count). The topological polar surface area (TPSA) is 130 Å². The third-order valence-corrected chi connectivity index (χ3v) is 7.23. The van der Waals surface area contributed by atoms with Crippen LogP contribution in [0.25, 0.3) is 5.69 Å². The van der Waals surface area contributed by atoms with E-state index in [-0.39, 0.29) is 39.4 Å². The molecule has 10 nitrogen and oxygen atoms in total. The van der Waals surface area contributed by atoms with Crippen molar-refractivity contribution in [2.45, 2.75) is 59.0 Å². The van der Waals surface area contributed by atoms with E-state index in [2.05, 4.69) is 20.9 Å². The predicted octanol–water partition coefficient (Wildman–Crippen LogP) is 7.93. The molecule has 0 spiro atoms. The van der Waals surface area contributed by atoms with Gasteiger partial charge in [0.15, 0.2) is 0 Å². The highest BCUT2D eigenvalue weighted by atomic mass is 35.5. The molecule has 226 valence electrons. The number of urea groups is 1. The Balaban J connectivity index is 1.49. The van der Waals surface area contributed by atoms with Crippen LogP contribution < -0.4 is 20.7 Å². The normalized spacial score (nSPS) is 11.2. The summed E-state index contributed by atoms with van der Waals surface area (Å²) in [6.45, 7) is 8.02. The fourth-order valence-electron chi connectivity index (χ4n) is 3.97. The second-order valence-corrected chi connectivity index (χ2v) is 11.6. The van der Waals surface area contributed by atoms with E-state index in [0.29, 0.717) is 29.5 Å². The zero-order valence-electron chi connectivity index (χ0n) is 24.4. The van der Waals surface area contributed by atoms with Gasteiger partial charge in [0.25, 0.3) is 0 Å². The number of pyridine rings is 1. The highest BCUT2D eigenvalue weighted by Gasteiger charge is 2.22. The lowest BCUT2D eigenvalue weighted by Gasteiger charge is -2.14. The van der Waals surface area contributed by atoms with E-state index >= 15 is 0 Å². The summed E-state index contributed by atoms with van der Waals surface area (Å²) >= 11 is 13.0. The number of unbranched alkanes of at least 4 members (excludes halogenated alkanes) is 1. The van der Waals surface area contributed by atoms with Crippen molar-refractivity contribution in [2.24, 2.45) is 0 Å². The van der Waals surface area contributed by atoms with Crippen molar-refractivity contribution in [3.63, 3.8) is 0 Å². The Kier molecular flexibility index (Phi) is 10.3. The summed E-state index contributed by atoms with van der Waals surface area (Å²) in [4.78, 5) is 29.3. The number of carbonyl (C=O) groups excluding carboxylic acids is 2. The molecule has 0 aliphatic carbocycles. The maximum Gasteiger partial charge on any atom is 0.324 e. The molecule has 4 N–H and O–H groups in total. The van der Waals surface area contributed by atoms with Gasteiger partial charge >= 0.3 is 6.03 Å². The fraction of sp³-hybridized carbons (Fsp3) is 0.290. The molecule has 0 bridgehead atoms. The van der Waals surface area contributed by atoms with E-state index in [1.54, 1.807) is 47.1 Å². The number of anilines is 3. The molecule has 4 aromatic rings. The molecule has 2 aromatic heterocycles. The number of ether oxygens (including phenoxy) is 1. The average Bonchev–Trinajstić information content (AvgIpc) is 3.40. The Bertz CT molecular complexity index is 1600. The van der Waals surface area contributed by atoms with Crippen LogP contribution in [-0.2, 0) is 16.8 Å². The summed E-state index contributed by atoms with van der Waals surface area (Å²) in [6, 6.07) is 14.8. The Hall–Kier alpha value is -4.12. The van der Waals surface area contributed by atoms with Crippen LogP contribution in [0.3, 0.4) is 0 Å². The maximum absolute atomic E-state index is 13.1. The Morgan fingerprint density at radius 3 is 2.40 bits per heavy atom. The van der Waals surface area contributed by atoms with Gasteiger partial charge in [0.1, 0.15) is 28.2 Å². The third-order valence-electron chi connectivity index (χ3n) is 6.36. The lowest BCUT2D eigenvalue weighted by atomic mass is 9.92. The van der Waals surface area contributed by atoms with Crippen LogP contribution in [0.4, 0.5) is 22.1 Å². The summed E-state index contributed by atoms with van der Waals surface area (Å²) in [7, 11) is 0. The monoisotopic (exact) mass is 624 g/mol. The number of halogens is 2. The number of carbonyl (C=O) groups is 2. The van der Waals surface area contributed by atoms with Gasteiger partial charge in [0.2, 0.25) is 5.91 Å². The van der Waals surface area contributed by atoms with Gasteiger partial charge in [-0.1, -0.05) is 69.5 Å². The van der Waals surface area contributed by atoms with Crippen LogP contribution >= 0.6 is 23.2 Å². The first-order valence-corrected chi connectivity index (χ1v) is 14.5. The number of aliphatic hydroxyl groups excluding tert-OH is 1. The van der Waals surface area contributed by atoms with Crippen LogP contribution in [0.15, 0.2) is 60.8 Å². The number of nitrogens with one attached hydrogen (secondary N) is 3. The number of aliphatic hydroxyl groups is 1.